The second kappa shape index (κ2) is 7.85. The number of hydrogen-bond acceptors (Lipinski definition) is 5. The van der Waals surface area contributed by atoms with E-state index < -0.39 is 0 Å². The molecular weight excluding hydrogens is 292 g/mol. The molecule has 0 unspecified atom stereocenters. The van der Waals surface area contributed by atoms with Gasteiger partial charge in [-0.15, -0.1) is 0 Å². The van der Waals surface area contributed by atoms with E-state index in [1.54, 1.807) is 31.4 Å². The van der Waals surface area contributed by atoms with Crippen LogP contribution in [0.2, 0.25) is 0 Å². The molecule has 0 fully saturated rings. The number of nitrogens with one attached hydrogen (secondary N) is 1. The van der Waals surface area contributed by atoms with Crippen LogP contribution in [-0.4, -0.2) is 26.0 Å². The normalized spacial score (nSPS) is 9.78. The van der Waals surface area contributed by atoms with E-state index >= 15 is 0 Å². The zero-order valence-electron chi connectivity index (χ0n) is 13.1. The first-order valence-electron chi connectivity index (χ1n) is 7.20. The lowest BCUT2D eigenvalue weighted by Gasteiger charge is -2.11. The van der Waals surface area contributed by atoms with Gasteiger partial charge in [-0.2, -0.15) is 5.26 Å². The first-order valence-corrected chi connectivity index (χ1v) is 7.20. The third-order valence-electron chi connectivity index (χ3n) is 3.27. The molecule has 0 heterocycles. The van der Waals surface area contributed by atoms with Gasteiger partial charge in [0.2, 0.25) is 0 Å². The van der Waals surface area contributed by atoms with Crippen molar-refractivity contribution >= 4 is 11.5 Å². The third kappa shape index (κ3) is 4.48. The average Bonchev–Trinajstić information content (AvgIpc) is 2.58. The zero-order valence-corrected chi connectivity index (χ0v) is 13.1. The maximum atomic E-state index is 11.4. The number of Topliss-reactive ketones (excluding diaryl/α,β-unsaturated/α-hetero) is 1. The molecule has 0 atom stereocenters. The Kier molecular flexibility index (Phi) is 5.59. The molecule has 0 saturated heterocycles. The van der Waals surface area contributed by atoms with Crippen LogP contribution >= 0.6 is 0 Å². The number of carbonyl (C=O) groups is 1. The van der Waals surface area contributed by atoms with Gasteiger partial charge in [-0.25, -0.2) is 0 Å². The molecule has 5 nitrogen and oxygen atoms in total. The Morgan fingerprint density at radius 3 is 2.70 bits per heavy atom. The Morgan fingerprint density at radius 2 is 2.00 bits per heavy atom. The molecular formula is C18H18N2O3. The SMILES string of the molecule is COc1cccc(OCCNc2cc(C(C)=O)ccc2C#N)c1. The highest BCUT2D eigenvalue weighted by Gasteiger charge is 2.06. The fourth-order valence-corrected chi connectivity index (χ4v) is 2.05. The van der Waals surface area contributed by atoms with Crippen LogP contribution in [0.25, 0.3) is 0 Å². The first kappa shape index (κ1) is 16.4. The van der Waals surface area contributed by atoms with Crippen molar-refractivity contribution in [1.82, 2.24) is 0 Å². The summed E-state index contributed by atoms with van der Waals surface area (Å²) in [6, 6.07) is 14.4. The van der Waals surface area contributed by atoms with Crippen LogP contribution in [0.1, 0.15) is 22.8 Å². The van der Waals surface area contributed by atoms with E-state index in [4.69, 9.17) is 14.7 Å². The first-order chi connectivity index (χ1) is 11.1. The van der Waals surface area contributed by atoms with Crippen LogP contribution in [0.4, 0.5) is 5.69 Å². The van der Waals surface area contributed by atoms with Crippen LogP contribution in [0.5, 0.6) is 11.5 Å². The standard InChI is InChI=1S/C18H18N2O3/c1-13(21)14-6-7-15(12-19)18(10-14)20-8-9-23-17-5-3-4-16(11-17)22-2/h3-7,10-11,20H,8-9H2,1-2H3. The van der Waals surface area contributed by atoms with Gasteiger partial charge in [-0.05, 0) is 37.3 Å². The van der Waals surface area contributed by atoms with Crippen LogP contribution in [0, 0.1) is 11.3 Å². The smallest absolute Gasteiger partial charge is 0.159 e. The molecule has 5 heteroatoms. The summed E-state index contributed by atoms with van der Waals surface area (Å²) in [4.78, 5) is 11.4. The van der Waals surface area contributed by atoms with E-state index in [9.17, 15) is 4.79 Å². The molecule has 0 spiro atoms. The molecule has 0 aliphatic carbocycles. The number of nitriles is 1. The number of carbonyl (C=O) groups excluding carboxylic acids is 1. The van der Waals surface area contributed by atoms with E-state index in [2.05, 4.69) is 11.4 Å². The van der Waals surface area contributed by atoms with E-state index in [0.29, 0.717) is 35.7 Å². The fourth-order valence-electron chi connectivity index (χ4n) is 2.05. The van der Waals surface area contributed by atoms with Crippen molar-refractivity contribution in [2.24, 2.45) is 0 Å². The highest BCUT2D eigenvalue weighted by atomic mass is 16.5. The van der Waals surface area contributed by atoms with Crippen molar-refractivity contribution in [3.8, 4) is 17.6 Å². The monoisotopic (exact) mass is 310 g/mol. The van der Waals surface area contributed by atoms with Gasteiger partial charge in [0.1, 0.15) is 24.2 Å². The van der Waals surface area contributed by atoms with Crippen LogP contribution in [0.15, 0.2) is 42.5 Å². The second-order valence-corrected chi connectivity index (χ2v) is 4.88. The third-order valence-corrected chi connectivity index (χ3v) is 3.27. The van der Waals surface area contributed by atoms with Gasteiger partial charge < -0.3 is 14.8 Å². The molecule has 1 N–H and O–H groups in total. The summed E-state index contributed by atoms with van der Waals surface area (Å²) < 4.78 is 10.8. The Morgan fingerprint density at radius 1 is 1.22 bits per heavy atom. The molecule has 2 rings (SSSR count). The lowest BCUT2D eigenvalue weighted by atomic mass is 10.1. The minimum atomic E-state index is -0.0369. The maximum Gasteiger partial charge on any atom is 0.159 e. The number of benzene rings is 2. The summed E-state index contributed by atoms with van der Waals surface area (Å²) >= 11 is 0. The number of methoxy groups -OCH3 is 1. The van der Waals surface area contributed by atoms with Gasteiger partial charge in [-0.3, -0.25) is 4.79 Å². The fraction of sp³-hybridized carbons (Fsp3) is 0.222. The van der Waals surface area contributed by atoms with E-state index in [1.807, 2.05) is 18.2 Å². The zero-order chi connectivity index (χ0) is 16.7. The molecule has 0 aliphatic heterocycles. The predicted molar refractivity (Wildman–Crippen MR) is 88.1 cm³/mol. The molecule has 0 aromatic heterocycles. The van der Waals surface area contributed by atoms with Gasteiger partial charge in [0.05, 0.1) is 18.4 Å². The van der Waals surface area contributed by atoms with Crippen molar-refractivity contribution in [1.29, 1.82) is 5.26 Å². The van der Waals surface area contributed by atoms with Crippen LogP contribution in [0.3, 0.4) is 0 Å². The largest absolute Gasteiger partial charge is 0.497 e. The average molecular weight is 310 g/mol. The molecule has 2 aromatic rings. The molecule has 0 bridgehead atoms. The quantitative estimate of drug-likeness (QED) is 0.628. The van der Waals surface area contributed by atoms with Gasteiger partial charge in [-0.1, -0.05) is 6.07 Å². The van der Waals surface area contributed by atoms with Crippen molar-refractivity contribution < 1.29 is 14.3 Å². The number of rotatable bonds is 7. The molecule has 0 amide bonds. The number of nitrogens with zero attached hydrogens (tertiary/aromatic N) is 1. The van der Waals surface area contributed by atoms with Crippen molar-refractivity contribution in [3.05, 3.63) is 53.6 Å². The highest BCUT2D eigenvalue weighted by molar-refractivity contribution is 5.95. The highest BCUT2D eigenvalue weighted by Crippen LogP contribution is 2.19. The van der Waals surface area contributed by atoms with Crippen LogP contribution in [-0.2, 0) is 0 Å². The molecule has 118 valence electrons. The number of anilines is 1. The Hall–Kier alpha value is -3.00. The predicted octanol–water partition coefficient (Wildman–Crippen LogP) is 3.26. The summed E-state index contributed by atoms with van der Waals surface area (Å²) in [5.41, 5.74) is 1.70. The summed E-state index contributed by atoms with van der Waals surface area (Å²) in [5.74, 6) is 1.41. The van der Waals surface area contributed by atoms with Crippen LogP contribution < -0.4 is 14.8 Å². The van der Waals surface area contributed by atoms with Gasteiger partial charge in [0.25, 0.3) is 0 Å². The van der Waals surface area contributed by atoms with E-state index in [-0.39, 0.29) is 5.78 Å². The van der Waals surface area contributed by atoms with E-state index in [0.717, 1.165) is 5.75 Å². The minimum Gasteiger partial charge on any atom is -0.497 e. The Labute approximate surface area is 135 Å². The summed E-state index contributed by atoms with van der Waals surface area (Å²) in [7, 11) is 1.60. The maximum absolute atomic E-state index is 11.4. The van der Waals surface area contributed by atoms with Crippen molar-refractivity contribution in [3.63, 3.8) is 0 Å². The molecule has 23 heavy (non-hydrogen) atoms. The molecule has 0 radical (unpaired) electrons. The molecule has 0 aliphatic rings. The summed E-state index contributed by atoms with van der Waals surface area (Å²) in [6.07, 6.45) is 0. The number of ketones is 1. The van der Waals surface area contributed by atoms with Crippen molar-refractivity contribution in [2.45, 2.75) is 6.92 Å². The Bertz CT molecular complexity index is 735. The number of ether oxygens (including phenoxy) is 2. The lowest BCUT2D eigenvalue weighted by Crippen LogP contribution is -2.12. The second-order valence-electron chi connectivity index (χ2n) is 4.88. The van der Waals surface area contributed by atoms with Gasteiger partial charge in [0.15, 0.2) is 5.78 Å². The topological polar surface area (TPSA) is 71.3 Å². The minimum absolute atomic E-state index is 0.0369. The van der Waals surface area contributed by atoms with E-state index in [1.165, 1.54) is 6.92 Å². The Balaban J connectivity index is 1.94. The molecule has 0 saturated carbocycles. The van der Waals surface area contributed by atoms with Crippen molar-refractivity contribution in [2.75, 3.05) is 25.6 Å². The van der Waals surface area contributed by atoms with Gasteiger partial charge in [0, 0.05) is 18.2 Å². The number of hydrogen-bond donors (Lipinski definition) is 1. The summed E-state index contributed by atoms with van der Waals surface area (Å²) in [6.45, 7) is 2.42. The molecule has 2 aromatic carbocycles. The summed E-state index contributed by atoms with van der Waals surface area (Å²) in [5, 5.41) is 12.2. The van der Waals surface area contributed by atoms with Gasteiger partial charge >= 0.3 is 0 Å². The lowest BCUT2D eigenvalue weighted by molar-refractivity contribution is 0.101.